The predicted molar refractivity (Wildman–Crippen MR) is 124 cm³/mol. The molecule has 0 unspecified atom stereocenters. The van der Waals surface area contributed by atoms with Crippen LogP contribution in [-0.2, 0) is 9.59 Å². The van der Waals surface area contributed by atoms with Crippen LogP contribution >= 0.6 is 0 Å². The number of phenolic OH excluding ortho intramolecular Hbond substituents is 1. The van der Waals surface area contributed by atoms with Gasteiger partial charge >= 0.3 is 0 Å². The van der Waals surface area contributed by atoms with Gasteiger partial charge < -0.3 is 15.3 Å². The number of rotatable bonds is 4. The fourth-order valence-corrected chi connectivity index (χ4v) is 4.38. The van der Waals surface area contributed by atoms with Crippen molar-refractivity contribution in [1.29, 1.82) is 0 Å². The Morgan fingerprint density at radius 2 is 1.61 bits per heavy atom. The summed E-state index contributed by atoms with van der Waals surface area (Å²) < 4.78 is 14.9. The first kappa shape index (κ1) is 21.1. The van der Waals surface area contributed by atoms with E-state index in [0.29, 0.717) is 16.7 Å². The fraction of sp³-hybridized carbons (Fsp3) is 0.240. The second-order valence-corrected chi connectivity index (χ2v) is 8.16. The van der Waals surface area contributed by atoms with Crippen LogP contribution in [0, 0.1) is 5.82 Å². The average molecular weight is 446 g/mol. The highest BCUT2D eigenvalue weighted by Crippen LogP contribution is 2.40. The minimum absolute atomic E-state index is 0.0113. The number of benzene rings is 2. The molecule has 2 N–H and O–H groups in total. The molecule has 0 radical (unpaired) electrons. The zero-order valence-electron chi connectivity index (χ0n) is 17.9. The molecule has 2 fully saturated rings. The number of amides is 2. The molecule has 0 spiro atoms. The Labute approximate surface area is 190 Å². The van der Waals surface area contributed by atoms with Gasteiger partial charge in [0.15, 0.2) is 0 Å². The van der Waals surface area contributed by atoms with E-state index in [9.17, 15) is 19.1 Å². The molecule has 2 aromatic carbocycles. The molecule has 2 aliphatic rings. The Kier molecular flexibility index (Phi) is 5.51. The smallest absolute Gasteiger partial charge is 0.234 e. The number of aromatic hydroxyl groups is 1. The molecule has 3 aromatic rings. The van der Waals surface area contributed by atoms with Gasteiger partial charge in [0.25, 0.3) is 0 Å². The lowest BCUT2D eigenvalue weighted by Crippen LogP contribution is -2.43. The van der Waals surface area contributed by atoms with E-state index in [4.69, 9.17) is 0 Å². The van der Waals surface area contributed by atoms with Crippen LogP contribution in [0.25, 0.3) is 22.3 Å². The van der Waals surface area contributed by atoms with Gasteiger partial charge in [-0.15, -0.1) is 0 Å². The molecule has 0 bridgehead atoms. The third-order valence-corrected chi connectivity index (χ3v) is 6.10. The third kappa shape index (κ3) is 3.93. The number of nitrogens with one attached hydrogen (secondary N) is 1. The molecule has 2 saturated heterocycles. The molecule has 7 nitrogen and oxygen atoms in total. The molecule has 8 heteroatoms. The second-order valence-electron chi connectivity index (χ2n) is 8.16. The average Bonchev–Trinajstić information content (AvgIpc) is 3.17. The van der Waals surface area contributed by atoms with Gasteiger partial charge in [0.2, 0.25) is 11.8 Å². The van der Waals surface area contributed by atoms with Crippen molar-refractivity contribution < 1.29 is 19.1 Å². The minimum atomic E-state index is -0.691. The number of pyridine rings is 1. The molecule has 5 rings (SSSR count). The lowest BCUT2D eigenvalue weighted by atomic mass is 9.97. The first-order valence-electron chi connectivity index (χ1n) is 10.9. The lowest BCUT2D eigenvalue weighted by molar-refractivity contribution is -0.121. The number of carbonyl (C=O) groups is 2. The highest BCUT2D eigenvalue weighted by atomic mass is 19.1. The third-order valence-electron chi connectivity index (χ3n) is 6.10. The number of hydrogen-bond acceptors (Lipinski definition) is 6. The molecule has 2 amide bonds. The monoisotopic (exact) mass is 446 g/mol. The van der Waals surface area contributed by atoms with E-state index < -0.39 is 17.6 Å². The Bertz CT molecular complexity index is 1220. The molecule has 1 aromatic heterocycles. The standard InChI is InChI=1S/C25H23FN4O3/c26-21-13-16(4-5-22(21)30-23(31)6-7-24(30)32)19-2-1-3-20(25(19)33)17-12-18(15-28-14-17)29-10-8-27-9-11-29/h1-5,12-15,27,33H,6-11H2. The number of hydrogen-bond donors (Lipinski definition) is 2. The summed E-state index contributed by atoms with van der Waals surface area (Å²) in [5.41, 5.74) is 3.16. The van der Waals surface area contributed by atoms with Crippen LogP contribution in [0.3, 0.4) is 0 Å². The van der Waals surface area contributed by atoms with E-state index in [2.05, 4.69) is 15.2 Å². The van der Waals surface area contributed by atoms with E-state index in [-0.39, 0.29) is 24.3 Å². The normalized spacial score (nSPS) is 16.5. The Morgan fingerprint density at radius 3 is 2.30 bits per heavy atom. The molecule has 0 saturated carbocycles. The molecule has 33 heavy (non-hydrogen) atoms. The van der Waals surface area contributed by atoms with Crippen LogP contribution in [0.1, 0.15) is 12.8 Å². The van der Waals surface area contributed by atoms with Crippen molar-refractivity contribution in [2.24, 2.45) is 0 Å². The highest BCUT2D eigenvalue weighted by molar-refractivity contribution is 6.19. The summed E-state index contributed by atoms with van der Waals surface area (Å²) in [6, 6.07) is 11.5. The Hall–Kier alpha value is -3.78. The van der Waals surface area contributed by atoms with E-state index in [1.165, 1.54) is 12.1 Å². The number of carbonyl (C=O) groups excluding carboxylic acids is 2. The van der Waals surface area contributed by atoms with Crippen LogP contribution in [0.5, 0.6) is 5.75 Å². The summed E-state index contributed by atoms with van der Waals surface area (Å²) in [6.45, 7) is 3.57. The van der Waals surface area contributed by atoms with E-state index in [0.717, 1.165) is 42.3 Å². The largest absolute Gasteiger partial charge is 0.507 e. The fourth-order valence-electron chi connectivity index (χ4n) is 4.38. The summed E-state index contributed by atoms with van der Waals surface area (Å²) in [4.78, 5) is 31.4. The van der Waals surface area contributed by atoms with Gasteiger partial charge in [0, 0.05) is 61.9 Å². The number of nitrogens with zero attached hydrogens (tertiary/aromatic N) is 3. The van der Waals surface area contributed by atoms with Crippen LogP contribution in [0.15, 0.2) is 54.9 Å². The summed E-state index contributed by atoms with van der Waals surface area (Å²) in [5.74, 6) is -1.50. The number of anilines is 2. The van der Waals surface area contributed by atoms with Crippen molar-refractivity contribution in [2.75, 3.05) is 36.0 Å². The van der Waals surface area contributed by atoms with Gasteiger partial charge in [0.1, 0.15) is 11.6 Å². The van der Waals surface area contributed by atoms with Gasteiger partial charge in [0.05, 0.1) is 17.6 Å². The van der Waals surface area contributed by atoms with Crippen LogP contribution in [0.2, 0.25) is 0 Å². The maximum absolute atomic E-state index is 14.9. The van der Waals surface area contributed by atoms with Gasteiger partial charge in [-0.05, 0) is 23.8 Å². The Balaban J connectivity index is 1.49. The molecule has 0 aliphatic carbocycles. The summed E-state index contributed by atoms with van der Waals surface area (Å²) >= 11 is 0. The highest BCUT2D eigenvalue weighted by Gasteiger charge is 2.32. The van der Waals surface area contributed by atoms with Crippen molar-refractivity contribution in [3.63, 3.8) is 0 Å². The zero-order valence-corrected chi connectivity index (χ0v) is 17.9. The number of phenols is 1. The van der Waals surface area contributed by atoms with Gasteiger partial charge in [-0.25, -0.2) is 9.29 Å². The number of aromatic nitrogens is 1. The first-order valence-corrected chi connectivity index (χ1v) is 10.9. The molecular formula is C25H23FN4O3. The quantitative estimate of drug-likeness (QED) is 0.598. The molecule has 168 valence electrons. The zero-order chi connectivity index (χ0) is 22.9. The van der Waals surface area contributed by atoms with Crippen molar-refractivity contribution in [3.05, 3.63) is 60.7 Å². The first-order chi connectivity index (χ1) is 16.0. The van der Waals surface area contributed by atoms with Crippen LogP contribution in [0.4, 0.5) is 15.8 Å². The van der Waals surface area contributed by atoms with Gasteiger partial charge in [-0.3, -0.25) is 14.6 Å². The maximum Gasteiger partial charge on any atom is 0.234 e. The van der Waals surface area contributed by atoms with Crippen LogP contribution < -0.4 is 15.1 Å². The second kappa shape index (κ2) is 8.63. The number of imide groups is 1. The molecule has 2 aliphatic heterocycles. The maximum atomic E-state index is 14.9. The van der Waals surface area contributed by atoms with Crippen molar-refractivity contribution in [2.45, 2.75) is 12.8 Å². The molecular weight excluding hydrogens is 423 g/mol. The number of halogens is 1. The van der Waals surface area contributed by atoms with E-state index in [1.54, 1.807) is 30.5 Å². The van der Waals surface area contributed by atoms with E-state index in [1.807, 2.05) is 12.3 Å². The van der Waals surface area contributed by atoms with Crippen LogP contribution in [-0.4, -0.2) is 48.1 Å². The number of para-hydroxylation sites is 1. The molecule has 3 heterocycles. The topological polar surface area (TPSA) is 85.8 Å². The summed E-state index contributed by atoms with van der Waals surface area (Å²) in [5, 5.41) is 14.4. The molecule has 0 atom stereocenters. The van der Waals surface area contributed by atoms with Gasteiger partial charge in [-0.2, -0.15) is 0 Å². The Morgan fingerprint density at radius 1 is 0.909 bits per heavy atom. The van der Waals surface area contributed by atoms with Crippen molar-refractivity contribution >= 4 is 23.2 Å². The van der Waals surface area contributed by atoms with E-state index >= 15 is 0 Å². The number of piperazine rings is 1. The van der Waals surface area contributed by atoms with Gasteiger partial charge in [-0.1, -0.05) is 24.3 Å². The summed E-state index contributed by atoms with van der Waals surface area (Å²) in [6.07, 6.45) is 3.68. The SMILES string of the molecule is O=C1CCC(=O)N1c1ccc(-c2cccc(-c3cncc(N4CCNCC4)c3)c2O)cc1F. The predicted octanol–water partition coefficient (Wildman–Crippen LogP) is 3.32. The van der Waals surface area contributed by atoms with Crippen molar-refractivity contribution in [1.82, 2.24) is 10.3 Å². The lowest BCUT2D eigenvalue weighted by Gasteiger charge is -2.29. The summed E-state index contributed by atoms with van der Waals surface area (Å²) in [7, 11) is 0. The minimum Gasteiger partial charge on any atom is -0.507 e. The van der Waals surface area contributed by atoms with Crippen molar-refractivity contribution in [3.8, 4) is 28.0 Å².